The van der Waals surface area contributed by atoms with E-state index in [1.165, 1.54) is 0 Å². The molecule has 3 N–H and O–H groups in total. The summed E-state index contributed by atoms with van der Waals surface area (Å²) < 4.78 is 11.9. The standard InChI is InChI=1S/C11H26O2Si2.3C3H10OSi.Ta/c1-8-9-10-11(12-14(2,3)4)13-15(5,6)7;3*1-5(2,3)4;/h1,8-10H2,2-7H3;3*4H,1-3H3;/q-2;;;;+2. The minimum Gasteiger partial charge on any atom is -0.564 e. The molecule has 0 atom stereocenters. The predicted molar refractivity (Wildman–Crippen MR) is 148 cm³/mol. The van der Waals surface area contributed by atoms with Crippen LogP contribution in [0.3, 0.4) is 0 Å². The molecule has 0 heterocycles. The smallest absolute Gasteiger partial charge is 0.564 e. The Labute approximate surface area is 216 Å². The second-order valence-electron chi connectivity index (χ2n) is 12.3. The van der Waals surface area contributed by atoms with E-state index in [4.69, 9.17) is 23.2 Å². The van der Waals surface area contributed by atoms with Crippen LogP contribution in [0.25, 0.3) is 0 Å². The van der Waals surface area contributed by atoms with Crippen molar-refractivity contribution in [2.75, 3.05) is 0 Å². The molecule has 0 fully saturated rings. The van der Waals surface area contributed by atoms with Gasteiger partial charge in [-0.2, -0.15) is 6.42 Å². The van der Waals surface area contributed by atoms with Crippen LogP contribution in [0.1, 0.15) is 19.3 Å². The van der Waals surface area contributed by atoms with Crippen LogP contribution in [0.2, 0.25) is 98.2 Å². The van der Waals surface area contributed by atoms with Crippen LogP contribution in [0.15, 0.2) is 0 Å². The van der Waals surface area contributed by atoms with Gasteiger partial charge in [0.2, 0.25) is 0 Å². The van der Waals surface area contributed by atoms with Crippen molar-refractivity contribution in [2.45, 2.75) is 117 Å². The normalized spacial score (nSPS) is 12.4. The molecule has 191 valence electrons. The first kappa shape index (κ1) is 42.8. The molecular formula is C20H56O5Si5Ta. The zero-order chi connectivity index (χ0) is 25.6. The van der Waals surface area contributed by atoms with Gasteiger partial charge in [0.1, 0.15) is 0 Å². The fourth-order valence-electron chi connectivity index (χ4n) is 1.08. The molecule has 0 aromatic heterocycles. The maximum absolute atomic E-state index is 8.66. The van der Waals surface area contributed by atoms with Crippen molar-refractivity contribution in [1.29, 1.82) is 0 Å². The van der Waals surface area contributed by atoms with Gasteiger partial charge in [-0.3, -0.25) is 0 Å². The Balaban J connectivity index is -0.000000116. The Hall–Kier alpha value is 1.62. The second-order valence-corrected chi connectivity index (χ2v) is 34.2. The van der Waals surface area contributed by atoms with Crippen LogP contribution in [0.4, 0.5) is 0 Å². The third-order valence-corrected chi connectivity index (χ3v) is 3.15. The van der Waals surface area contributed by atoms with Crippen LogP contribution >= 0.6 is 0 Å². The van der Waals surface area contributed by atoms with Crippen LogP contribution < -0.4 is 0 Å². The Morgan fingerprint density at radius 1 is 0.581 bits per heavy atom. The number of hydrogen-bond acceptors (Lipinski definition) is 5. The van der Waals surface area contributed by atoms with Gasteiger partial charge >= 0.3 is 22.4 Å². The molecule has 0 amide bonds. The summed E-state index contributed by atoms with van der Waals surface area (Å²) in [5, 5.41) is 0. The molecule has 0 spiro atoms. The summed E-state index contributed by atoms with van der Waals surface area (Å²) in [5.41, 5.74) is 0. The van der Waals surface area contributed by atoms with E-state index in [0.29, 0.717) is 0 Å². The zero-order valence-electron chi connectivity index (χ0n) is 23.4. The van der Waals surface area contributed by atoms with Gasteiger partial charge in [-0.1, -0.05) is 0 Å². The van der Waals surface area contributed by atoms with E-state index >= 15 is 0 Å². The fraction of sp³-hybridized carbons (Fsp3) is 0.900. The summed E-state index contributed by atoms with van der Waals surface area (Å²) in [4.78, 5) is 26.0. The molecule has 0 unspecified atom stereocenters. The fourth-order valence-corrected chi connectivity index (χ4v) is 2.81. The summed E-state index contributed by atoms with van der Waals surface area (Å²) in [6, 6.07) is 0. The molecule has 0 aromatic rings. The largest absolute Gasteiger partial charge is 2.00 e. The minimum atomic E-state index is -1.61. The van der Waals surface area contributed by atoms with E-state index in [9.17, 15) is 0 Å². The Morgan fingerprint density at radius 3 is 0.903 bits per heavy atom. The molecule has 11 heteroatoms. The van der Waals surface area contributed by atoms with Gasteiger partial charge in [0, 0.05) is 0 Å². The van der Waals surface area contributed by atoms with Gasteiger partial charge < -0.3 is 30.2 Å². The maximum Gasteiger partial charge on any atom is 2.00 e. The van der Waals surface area contributed by atoms with Crippen LogP contribution in [0.5, 0.6) is 0 Å². The van der Waals surface area contributed by atoms with E-state index in [2.05, 4.69) is 46.2 Å². The minimum absolute atomic E-state index is 0. The van der Waals surface area contributed by atoms with Crippen LogP contribution in [0, 0.1) is 13.2 Å². The number of unbranched alkanes of at least 4 members (excludes halogenated alkanes) is 1. The third kappa shape index (κ3) is 114. The SMILES string of the molecule is C[Si](C)(C)O.C[Si](C)(C)O.C[Si](C)(C)O.[CH2-]CCC[C-](O[Si](C)(C)C)O[Si](C)(C)C.[Ta+2]. The topological polar surface area (TPSA) is 79.2 Å². The molecule has 0 saturated heterocycles. The third-order valence-electron chi connectivity index (χ3n) is 1.47. The van der Waals surface area contributed by atoms with Crippen molar-refractivity contribution in [3.05, 3.63) is 13.2 Å². The molecule has 0 aliphatic carbocycles. The molecule has 31 heavy (non-hydrogen) atoms. The van der Waals surface area contributed by atoms with Gasteiger partial charge in [-0.15, -0.1) is 19.1 Å². The van der Waals surface area contributed by atoms with E-state index in [1.807, 2.05) is 58.9 Å². The Morgan fingerprint density at radius 2 is 0.774 bits per heavy atom. The average Bonchev–Trinajstić information content (AvgIpc) is 2.25. The molecule has 0 aromatic carbocycles. The molecule has 0 bridgehead atoms. The quantitative estimate of drug-likeness (QED) is 0.206. The molecule has 0 aliphatic heterocycles. The second kappa shape index (κ2) is 18.9. The zero-order valence-corrected chi connectivity index (χ0v) is 31.6. The number of rotatable bonds is 7. The summed E-state index contributed by atoms with van der Waals surface area (Å²) >= 11 is 0. The molecule has 0 aliphatic rings. The van der Waals surface area contributed by atoms with E-state index in [0.717, 1.165) is 25.6 Å². The first-order valence-electron chi connectivity index (χ1n) is 10.8. The summed E-state index contributed by atoms with van der Waals surface area (Å²) in [6.45, 7) is 33.9. The molecule has 1 radical (unpaired) electrons. The van der Waals surface area contributed by atoms with Crippen LogP contribution in [-0.4, -0.2) is 56.0 Å². The Kier molecular flexibility index (Phi) is 26.1. The molecule has 0 rings (SSSR count). The Bertz CT molecular complexity index is 333. The van der Waals surface area contributed by atoms with Crippen molar-refractivity contribution in [3.8, 4) is 0 Å². The first-order chi connectivity index (χ1) is 12.6. The van der Waals surface area contributed by atoms with Gasteiger partial charge in [0.15, 0.2) is 41.6 Å². The van der Waals surface area contributed by atoms with Crippen molar-refractivity contribution in [3.63, 3.8) is 0 Å². The van der Waals surface area contributed by atoms with Crippen molar-refractivity contribution in [1.82, 2.24) is 0 Å². The van der Waals surface area contributed by atoms with Crippen molar-refractivity contribution < 1.29 is 45.6 Å². The van der Waals surface area contributed by atoms with E-state index < -0.39 is 41.6 Å². The van der Waals surface area contributed by atoms with Crippen molar-refractivity contribution >= 4 is 41.6 Å². The van der Waals surface area contributed by atoms with Gasteiger partial charge in [-0.25, -0.2) is 0 Å². The summed E-state index contributed by atoms with van der Waals surface area (Å²) in [6.07, 6.45) is 3.74. The van der Waals surface area contributed by atoms with E-state index in [1.54, 1.807) is 0 Å². The average molecular weight is 698 g/mol. The molecular weight excluding hydrogens is 642 g/mol. The molecule has 0 saturated carbocycles. The predicted octanol–water partition coefficient (Wildman–Crippen LogP) is 6.62. The summed E-state index contributed by atoms with van der Waals surface area (Å²) in [7, 11) is -7.89. The van der Waals surface area contributed by atoms with E-state index in [-0.39, 0.29) is 22.4 Å². The molecule has 5 nitrogen and oxygen atoms in total. The number of hydrogen-bond donors (Lipinski definition) is 3. The monoisotopic (exact) mass is 697 g/mol. The van der Waals surface area contributed by atoms with Crippen molar-refractivity contribution in [2.24, 2.45) is 0 Å². The van der Waals surface area contributed by atoms with Gasteiger partial charge in [-0.05, 0) is 98.2 Å². The maximum atomic E-state index is 8.66. The van der Waals surface area contributed by atoms with Gasteiger partial charge in [0.05, 0.1) is 0 Å². The summed E-state index contributed by atoms with van der Waals surface area (Å²) in [5.74, 6) is 0. The van der Waals surface area contributed by atoms with Gasteiger partial charge in [0.25, 0.3) is 0 Å². The first-order valence-corrected chi connectivity index (χ1v) is 28.0. The van der Waals surface area contributed by atoms with Crippen LogP contribution in [-0.2, 0) is 31.2 Å².